The minimum atomic E-state index is -0.703. The van der Waals surface area contributed by atoms with Crippen LogP contribution in [-0.4, -0.2) is 12.2 Å². The zero-order valence-corrected chi connectivity index (χ0v) is 11.7. The van der Waals surface area contributed by atoms with E-state index in [9.17, 15) is 9.50 Å². The molecule has 2 nitrogen and oxygen atoms in total. The van der Waals surface area contributed by atoms with Gasteiger partial charge in [0.2, 0.25) is 5.82 Å². The Morgan fingerprint density at radius 3 is 2.75 bits per heavy atom. The Balaban J connectivity index is 2.00. The first kappa shape index (κ1) is 12.9. The molecular formula is C16H13FO2S. The quantitative estimate of drug-likeness (QED) is 0.776. The number of fused-ring (bicyclic) bond motifs is 1. The third-order valence-electron chi connectivity index (χ3n) is 3.20. The van der Waals surface area contributed by atoms with Gasteiger partial charge < -0.3 is 9.84 Å². The van der Waals surface area contributed by atoms with Gasteiger partial charge in [-0.15, -0.1) is 11.3 Å². The Kier molecular flexibility index (Phi) is 3.32. The van der Waals surface area contributed by atoms with Crippen LogP contribution in [0.15, 0.2) is 42.5 Å². The lowest BCUT2D eigenvalue weighted by Crippen LogP contribution is -1.96. The molecule has 0 unspecified atom stereocenters. The number of ether oxygens (including phenoxy) is 1. The van der Waals surface area contributed by atoms with E-state index < -0.39 is 5.82 Å². The SMILES string of the molecule is COc1c(Cc2cc3ccccc3s2)ccc(O)c1F. The summed E-state index contributed by atoms with van der Waals surface area (Å²) in [5.74, 6) is -0.976. The number of thiophene rings is 1. The number of phenolic OH excluding ortho intramolecular Hbond substituents is 1. The fourth-order valence-electron chi connectivity index (χ4n) is 2.26. The summed E-state index contributed by atoms with van der Waals surface area (Å²) in [5, 5.41) is 10.6. The van der Waals surface area contributed by atoms with Gasteiger partial charge in [0.25, 0.3) is 0 Å². The molecule has 3 aromatic rings. The molecule has 1 N–H and O–H groups in total. The van der Waals surface area contributed by atoms with Crippen LogP contribution in [0.25, 0.3) is 10.1 Å². The van der Waals surface area contributed by atoms with Crippen molar-refractivity contribution in [2.24, 2.45) is 0 Å². The maximum Gasteiger partial charge on any atom is 0.206 e. The fraction of sp³-hybridized carbons (Fsp3) is 0.125. The van der Waals surface area contributed by atoms with Crippen LogP contribution in [0.5, 0.6) is 11.5 Å². The Morgan fingerprint density at radius 2 is 2.00 bits per heavy atom. The molecule has 1 aromatic heterocycles. The highest BCUT2D eigenvalue weighted by atomic mass is 32.1. The van der Waals surface area contributed by atoms with Crippen LogP contribution in [0.2, 0.25) is 0 Å². The minimum Gasteiger partial charge on any atom is -0.505 e. The Morgan fingerprint density at radius 1 is 1.20 bits per heavy atom. The van der Waals surface area contributed by atoms with E-state index in [1.165, 1.54) is 23.3 Å². The molecule has 0 spiro atoms. The lowest BCUT2D eigenvalue weighted by molar-refractivity contribution is 0.361. The standard InChI is InChI=1S/C16H13FO2S/c1-19-16-11(6-7-13(18)15(16)17)9-12-8-10-4-2-3-5-14(10)20-12/h2-8,18H,9H2,1H3. The summed E-state index contributed by atoms with van der Waals surface area (Å²) in [7, 11) is 1.41. The highest BCUT2D eigenvalue weighted by Crippen LogP contribution is 2.33. The lowest BCUT2D eigenvalue weighted by Gasteiger charge is -2.09. The van der Waals surface area contributed by atoms with Crippen molar-refractivity contribution in [3.05, 3.63) is 58.7 Å². The van der Waals surface area contributed by atoms with Gasteiger partial charge in [0.15, 0.2) is 11.5 Å². The maximum absolute atomic E-state index is 13.8. The normalized spacial score (nSPS) is 10.9. The largest absolute Gasteiger partial charge is 0.505 e. The molecule has 0 atom stereocenters. The van der Waals surface area contributed by atoms with E-state index in [1.807, 2.05) is 12.1 Å². The smallest absolute Gasteiger partial charge is 0.206 e. The van der Waals surface area contributed by atoms with Crippen molar-refractivity contribution < 1.29 is 14.2 Å². The molecule has 4 heteroatoms. The number of hydrogen-bond acceptors (Lipinski definition) is 3. The molecular weight excluding hydrogens is 275 g/mol. The molecule has 0 aliphatic carbocycles. The third kappa shape index (κ3) is 2.23. The van der Waals surface area contributed by atoms with Crippen molar-refractivity contribution in [2.75, 3.05) is 7.11 Å². The fourth-order valence-corrected chi connectivity index (χ4v) is 3.34. The first-order valence-corrected chi connectivity index (χ1v) is 7.02. The monoisotopic (exact) mass is 288 g/mol. The molecule has 0 saturated heterocycles. The molecule has 0 aliphatic heterocycles. The predicted molar refractivity (Wildman–Crippen MR) is 79.2 cm³/mol. The van der Waals surface area contributed by atoms with Gasteiger partial charge in [-0.05, 0) is 23.6 Å². The summed E-state index contributed by atoms with van der Waals surface area (Å²) in [4.78, 5) is 1.13. The van der Waals surface area contributed by atoms with Gasteiger partial charge in [-0.2, -0.15) is 4.39 Å². The number of halogens is 1. The van der Waals surface area contributed by atoms with E-state index in [4.69, 9.17) is 4.74 Å². The molecule has 102 valence electrons. The number of aromatic hydroxyl groups is 1. The molecule has 0 saturated carbocycles. The Hall–Kier alpha value is -2.07. The average molecular weight is 288 g/mol. The molecule has 0 radical (unpaired) electrons. The van der Waals surface area contributed by atoms with Crippen LogP contribution in [0.1, 0.15) is 10.4 Å². The first-order valence-electron chi connectivity index (χ1n) is 6.21. The van der Waals surface area contributed by atoms with Gasteiger partial charge >= 0.3 is 0 Å². The summed E-state index contributed by atoms with van der Waals surface area (Å²) in [6.07, 6.45) is 0.583. The van der Waals surface area contributed by atoms with Crippen LogP contribution < -0.4 is 4.74 Å². The van der Waals surface area contributed by atoms with Crippen molar-refractivity contribution in [3.63, 3.8) is 0 Å². The second kappa shape index (κ2) is 5.13. The van der Waals surface area contributed by atoms with Crippen LogP contribution in [0, 0.1) is 5.82 Å². The molecule has 0 aliphatic rings. The summed E-state index contributed by atoms with van der Waals surface area (Å²) in [6.45, 7) is 0. The second-order valence-corrected chi connectivity index (χ2v) is 5.69. The Labute approximate surface area is 120 Å². The van der Waals surface area contributed by atoms with Gasteiger partial charge in [-0.25, -0.2) is 0 Å². The van der Waals surface area contributed by atoms with Crippen LogP contribution in [0.4, 0.5) is 4.39 Å². The summed E-state index contributed by atoms with van der Waals surface area (Å²) in [6, 6.07) is 13.3. The number of hydrogen-bond donors (Lipinski definition) is 1. The lowest BCUT2D eigenvalue weighted by atomic mass is 10.1. The van der Waals surface area contributed by atoms with Gasteiger partial charge in [0, 0.05) is 21.6 Å². The highest BCUT2D eigenvalue weighted by Gasteiger charge is 2.14. The van der Waals surface area contributed by atoms with Crippen molar-refractivity contribution in [3.8, 4) is 11.5 Å². The second-order valence-electron chi connectivity index (χ2n) is 4.52. The Bertz CT molecular complexity index is 731. The zero-order valence-electron chi connectivity index (χ0n) is 10.9. The number of phenols is 1. The summed E-state index contributed by atoms with van der Waals surface area (Å²) in [5.41, 5.74) is 0.731. The van der Waals surface area contributed by atoms with Gasteiger partial charge in [-0.3, -0.25) is 0 Å². The van der Waals surface area contributed by atoms with E-state index in [0.717, 1.165) is 10.4 Å². The summed E-state index contributed by atoms with van der Waals surface area (Å²) >= 11 is 1.68. The van der Waals surface area contributed by atoms with Gasteiger partial charge in [-0.1, -0.05) is 24.3 Å². The van der Waals surface area contributed by atoms with E-state index in [2.05, 4.69) is 18.2 Å². The highest BCUT2D eigenvalue weighted by molar-refractivity contribution is 7.19. The summed E-state index contributed by atoms with van der Waals surface area (Å²) < 4.78 is 20.1. The zero-order chi connectivity index (χ0) is 14.1. The number of methoxy groups -OCH3 is 1. The molecule has 2 aromatic carbocycles. The molecule has 20 heavy (non-hydrogen) atoms. The molecule has 0 amide bonds. The van der Waals surface area contributed by atoms with Crippen molar-refractivity contribution in [1.82, 2.24) is 0 Å². The number of rotatable bonds is 3. The van der Waals surface area contributed by atoms with E-state index in [0.29, 0.717) is 6.42 Å². The van der Waals surface area contributed by atoms with Crippen LogP contribution in [-0.2, 0) is 6.42 Å². The van der Waals surface area contributed by atoms with E-state index in [-0.39, 0.29) is 11.5 Å². The van der Waals surface area contributed by atoms with Crippen LogP contribution in [0.3, 0.4) is 0 Å². The van der Waals surface area contributed by atoms with Crippen LogP contribution >= 0.6 is 11.3 Å². The first-order chi connectivity index (χ1) is 9.69. The molecule has 1 heterocycles. The van der Waals surface area contributed by atoms with Gasteiger partial charge in [0.1, 0.15) is 0 Å². The van der Waals surface area contributed by atoms with Crippen molar-refractivity contribution >= 4 is 21.4 Å². The topological polar surface area (TPSA) is 29.5 Å². The molecule has 3 rings (SSSR count). The molecule has 0 bridgehead atoms. The average Bonchev–Trinajstić information content (AvgIpc) is 2.85. The molecule has 0 fully saturated rings. The van der Waals surface area contributed by atoms with Crippen molar-refractivity contribution in [1.29, 1.82) is 0 Å². The maximum atomic E-state index is 13.8. The van der Waals surface area contributed by atoms with Gasteiger partial charge in [0.05, 0.1) is 7.11 Å². The predicted octanol–water partition coefficient (Wildman–Crippen LogP) is 4.35. The van der Waals surface area contributed by atoms with E-state index >= 15 is 0 Å². The number of benzene rings is 2. The third-order valence-corrected chi connectivity index (χ3v) is 4.32. The minimum absolute atomic E-state index is 0.113. The van der Waals surface area contributed by atoms with Crippen molar-refractivity contribution in [2.45, 2.75) is 6.42 Å². The van der Waals surface area contributed by atoms with E-state index in [1.54, 1.807) is 17.4 Å².